The third-order valence-electron chi connectivity index (χ3n) is 2.48. The predicted octanol–water partition coefficient (Wildman–Crippen LogP) is 1.34. The number of hydrogen-bond acceptors (Lipinski definition) is 5. The van der Waals surface area contributed by atoms with Crippen molar-refractivity contribution in [1.29, 1.82) is 0 Å². The number of oxime groups is 1. The molecule has 0 spiro atoms. The molecule has 0 rings (SSSR count). The highest BCUT2D eigenvalue weighted by Gasteiger charge is 2.22. The van der Waals surface area contributed by atoms with Gasteiger partial charge in [0, 0.05) is 23.8 Å². The maximum Gasteiger partial charge on any atom is 0.234 e. The molecule has 0 bridgehead atoms. The van der Waals surface area contributed by atoms with Crippen LogP contribution < -0.4 is 5.32 Å². The molecule has 0 aromatic carbocycles. The molecule has 102 valence electrons. The van der Waals surface area contributed by atoms with Crippen LogP contribution in [0, 0.1) is 10.1 Å². The summed E-state index contributed by atoms with van der Waals surface area (Å²) in [6.45, 7) is 4.90. The molecular weight excluding hydrogens is 238 g/mol. The summed E-state index contributed by atoms with van der Waals surface area (Å²) in [6, 6.07) is -0.788. The summed E-state index contributed by atoms with van der Waals surface area (Å²) in [5.41, 5.74) is 0.767. The first kappa shape index (κ1) is 16.1. The van der Waals surface area contributed by atoms with E-state index in [1.165, 1.54) is 13.0 Å². The molecule has 0 saturated heterocycles. The number of amides is 1. The van der Waals surface area contributed by atoms with E-state index >= 15 is 0 Å². The van der Waals surface area contributed by atoms with Gasteiger partial charge in [-0.1, -0.05) is 19.0 Å². The van der Waals surface area contributed by atoms with Crippen molar-refractivity contribution in [2.24, 2.45) is 5.16 Å². The van der Waals surface area contributed by atoms with Gasteiger partial charge in [0.05, 0.1) is 12.3 Å². The van der Waals surface area contributed by atoms with Crippen LogP contribution in [0.2, 0.25) is 0 Å². The van der Waals surface area contributed by atoms with Gasteiger partial charge < -0.3 is 10.5 Å². The van der Waals surface area contributed by atoms with Crippen LogP contribution in [0.4, 0.5) is 0 Å². The van der Waals surface area contributed by atoms with Crippen molar-refractivity contribution in [1.82, 2.24) is 5.32 Å². The third-order valence-corrected chi connectivity index (χ3v) is 2.48. The molecule has 0 aromatic heterocycles. The van der Waals surface area contributed by atoms with Crippen molar-refractivity contribution in [2.75, 3.05) is 6.54 Å². The molecular formula is C11H19N3O4. The van der Waals surface area contributed by atoms with E-state index in [0.717, 1.165) is 0 Å². The number of rotatable bonds is 7. The quantitative estimate of drug-likeness (QED) is 0.311. The Kier molecular flexibility index (Phi) is 7.34. The van der Waals surface area contributed by atoms with Crippen molar-refractivity contribution >= 4 is 11.6 Å². The van der Waals surface area contributed by atoms with E-state index in [1.54, 1.807) is 13.8 Å². The topological polar surface area (TPSA) is 105 Å². The molecule has 0 fully saturated rings. The second-order valence-corrected chi connectivity index (χ2v) is 3.78. The number of carbonyl (C=O) groups excluding carboxylic acids is 1. The zero-order chi connectivity index (χ0) is 14.1. The minimum Gasteiger partial charge on any atom is -0.411 e. The minimum absolute atomic E-state index is 0.0451. The summed E-state index contributed by atoms with van der Waals surface area (Å²) in [6.07, 6.45) is 2.32. The molecule has 0 aliphatic heterocycles. The highest BCUT2D eigenvalue weighted by Crippen LogP contribution is 2.14. The zero-order valence-corrected chi connectivity index (χ0v) is 10.8. The first-order valence-corrected chi connectivity index (χ1v) is 5.75. The van der Waals surface area contributed by atoms with Crippen LogP contribution in [0.1, 0.15) is 33.6 Å². The van der Waals surface area contributed by atoms with Crippen molar-refractivity contribution < 1.29 is 14.9 Å². The van der Waals surface area contributed by atoms with E-state index in [4.69, 9.17) is 5.21 Å². The normalized spacial score (nSPS) is 14.2. The van der Waals surface area contributed by atoms with Crippen LogP contribution in [0.25, 0.3) is 0 Å². The average molecular weight is 257 g/mol. The van der Waals surface area contributed by atoms with Crippen LogP contribution in [0.15, 0.2) is 16.8 Å². The summed E-state index contributed by atoms with van der Waals surface area (Å²) in [4.78, 5) is 21.2. The number of hydrogen-bond donors (Lipinski definition) is 2. The fourth-order valence-electron chi connectivity index (χ4n) is 1.52. The van der Waals surface area contributed by atoms with Gasteiger partial charge in [-0.25, -0.2) is 0 Å². The molecule has 0 radical (unpaired) electrons. The van der Waals surface area contributed by atoms with E-state index in [2.05, 4.69) is 10.5 Å². The van der Waals surface area contributed by atoms with Gasteiger partial charge in [0.25, 0.3) is 0 Å². The summed E-state index contributed by atoms with van der Waals surface area (Å²) in [5, 5.41) is 25.2. The predicted molar refractivity (Wildman–Crippen MR) is 67.4 cm³/mol. The Hall–Kier alpha value is -1.92. The Morgan fingerprint density at radius 1 is 1.56 bits per heavy atom. The molecule has 0 saturated carbocycles. The highest BCUT2D eigenvalue weighted by atomic mass is 16.6. The Morgan fingerprint density at radius 3 is 2.50 bits per heavy atom. The highest BCUT2D eigenvalue weighted by molar-refractivity contribution is 5.98. The van der Waals surface area contributed by atoms with Crippen LogP contribution in [0.5, 0.6) is 0 Å². The van der Waals surface area contributed by atoms with Crippen LogP contribution in [0.3, 0.4) is 0 Å². The maximum absolute atomic E-state index is 10.9. The molecule has 1 atom stereocenters. The molecule has 1 unspecified atom stereocenters. The molecule has 7 heteroatoms. The number of nitrogens with zero attached hydrogens (tertiary/aromatic N) is 2. The number of nitrogens with one attached hydrogen (secondary N) is 1. The van der Waals surface area contributed by atoms with Crippen molar-refractivity contribution in [2.45, 2.75) is 39.7 Å². The van der Waals surface area contributed by atoms with Gasteiger partial charge in [-0.3, -0.25) is 14.9 Å². The average Bonchev–Trinajstić information content (AvgIpc) is 2.32. The Bertz CT molecular complexity index is 363. The van der Waals surface area contributed by atoms with Crippen LogP contribution >= 0.6 is 0 Å². The van der Waals surface area contributed by atoms with E-state index in [0.29, 0.717) is 18.4 Å². The van der Waals surface area contributed by atoms with E-state index in [1.807, 2.05) is 0 Å². The second-order valence-electron chi connectivity index (χ2n) is 3.78. The number of nitro groups is 1. The molecule has 0 aliphatic rings. The van der Waals surface area contributed by atoms with Gasteiger partial charge in [-0.05, 0) is 12.5 Å². The molecule has 18 heavy (non-hydrogen) atoms. The summed E-state index contributed by atoms with van der Waals surface area (Å²) in [7, 11) is 0. The fraction of sp³-hybridized carbons (Fsp3) is 0.636. The summed E-state index contributed by atoms with van der Waals surface area (Å²) in [5.74, 6) is -0.260. The summed E-state index contributed by atoms with van der Waals surface area (Å²) >= 11 is 0. The van der Waals surface area contributed by atoms with E-state index < -0.39 is 6.04 Å². The van der Waals surface area contributed by atoms with Crippen molar-refractivity contribution in [3.8, 4) is 0 Å². The molecule has 0 heterocycles. The lowest BCUT2D eigenvalue weighted by Gasteiger charge is -2.10. The van der Waals surface area contributed by atoms with Gasteiger partial charge in [-0.2, -0.15) is 0 Å². The fourth-order valence-corrected chi connectivity index (χ4v) is 1.52. The van der Waals surface area contributed by atoms with Gasteiger partial charge in [0.1, 0.15) is 0 Å². The van der Waals surface area contributed by atoms with Crippen molar-refractivity contribution in [3.05, 3.63) is 21.8 Å². The van der Waals surface area contributed by atoms with E-state index in [-0.39, 0.29) is 23.1 Å². The lowest BCUT2D eigenvalue weighted by atomic mass is 10.0. The molecule has 7 nitrogen and oxygen atoms in total. The first-order chi connectivity index (χ1) is 8.46. The Morgan fingerprint density at radius 2 is 2.17 bits per heavy atom. The molecule has 2 N–H and O–H groups in total. The Labute approximate surface area is 106 Å². The lowest BCUT2D eigenvalue weighted by Crippen LogP contribution is -2.28. The molecule has 0 aliphatic carbocycles. The standard InChI is InChI=1S/C11H19N3O4/c1-4-9(11(5-2)14(17)18)6-10(13-16)7-12-8(3)15/h6,11,16H,4-5,7H2,1-3H3,(H,12,15). The van der Waals surface area contributed by atoms with Crippen LogP contribution in [-0.2, 0) is 4.79 Å². The van der Waals surface area contributed by atoms with Gasteiger partial charge in [0.2, 0.25) is 11.9 Å². The SMILES string of the molecule is CCC(=CC(CNC(C)=O)=NO)C(CC)[N+](=O)[O-]. The van der Waals surface area contributed by atoms with Gasteiger partial charge in [-0.15, -0.1) is 0 Å². The number of carbonyl (C=O) groups is 1. The largest absolute Gasteiger partial charge is 0.411 e. The van der Waals surface area contributed by atoms with Gasteiger partial charge >= 0.3 is 0 Å². The van der Waals surface area contributed by atoms with Gasteiger partial charge in [0.15, 0.2) is 0 Å². The maximum atomic E-state index is 10.9. The van der Waals surface area contributed by atoms with E-state index in [9.17, 15) is 14.9 Å². The van der Waals surface area contributed by atoms with Crippen LogP contribution in [-0.4, -0.2) is 34.3 Å². The zero-order valence-electron chi connectivity index (χ0n) is 10.8. The summed E-state index contributed by atoms with van der Waals surface area (Å²) < 4.78 is 0. The Balaban J connectivity index is 4.94. The minimum atomic E-state index is -0.788. The lowest BCUT2D eigenvalue weighted by molar-refractivity contribution is -0.512. The molecule has 0 aromatic rings. The van der Waals surface area contributed by atoms with Crippen molar-refractivity contribution in [3.63, 3.8) is 0 Å². The third kappa shape index (κ3) is 5.42. The first-order valence-electron chi connectivity index (χ1n) is 5.75. The smallest absolute Gasteiger partial charge is 0.234 e. The molecule has 1 amide bonds. The second kappa shape index (κ2) is 8.21. The monoisotopic (exact) mass is 257 g/mol.